The smallest absolute Gasteiger partial charge is 0.325 e. The van der Waals surface area contributed by atoms with Crippen molar-refractivity contribution in [3.05, 3.63) is 52.3 Å². The Labute approximate surface area is 195 Å². The Morgan fingerprint density at radius 3 is 2.39 bits per heavy atom. The summed E-state index contributed by atoms with van der Waals surface area (Å²) < 4.78 is 18.4. The van der Waals surface area contributed by atoms with Crippen LogP contribution in [0.5, 0.6) is 17.2 Å². The lowest BCUT2D eigenvalue weighted by atomic mass is 9.99. The molecule has 0 unspecified atom stereocenters. The fourth-order valence-electron chi connectivity index (χ4n) is 4.05. The van der Waals surface area contributed by atoms with Crippen LogP contribution in [0.25, 0.3) is 11.3 Å². The third kappa shape index (κ3) is 3.70. The van der Waals surface area contributed by atoms with Gasteiger partial charge < -0.3 is 14.2 Å². The van der Waals surface area contributed by atoms with E-state index in [2.05, 4.69) is 4.98 Å². The first-order valence-electron chi connectivity index (χ1n) is 10.3. The van der Waals surface area contributed by atoms with Gasteiger partial charge in [-0.15, -0.1) is 0 Å². The number of aromatic nitrogens is 3. The maximum Gasteiger partial charge on any atom is 0.325 e. The topological polar surface area (TPSA) is 97.6 Å². The normalized spacial score (nSPS) is 14.3. The van der Waals surface area contributed by atoms with Crippen LogP contribution in [0.3, 0.4) is 0 Å². The number of ether oxygens (including phenoxy) is 3. The van der Waals surface area contributed by atoms with Crippen molar-refractivity contribution in [1.29, 1.82) is 0 Å². The predicted octanol–water partition coefficient (Wildman–Crippen LogP) is 2.78. The number of carbonyl (C=O) groups is 1. The number of methoxy groups -OCH3 is 3. The number of aromatic amines is 1. The second-order valence-corrected chi connectivity index (χ2v) is 8.01. The summed E-state index contributed by atoms with van der Waals surface area (Å²) in [5.74, 6) is 1.27. The number of rotatable bonds is 6. The molecule has 172 valence electrons. The van der Waals surface area contributed by atoms with Crippen molar-refractivity contribution in [3.8, 4) is 28.5 Å². The highest BCUT2D eigenvalue weighted by Crippen LogP contribution is 2.44. The molecule has 2 heterocycles. The molecule has 10 heteroatoms. The van der Waals surface area contributed by atoms with Crippen molar-refractivity contribution in [2.45, 2.75) is 24.7 Å². The number of thioether (sulfide) groups is 1. The first-order chi connectivity index (χ1) is 16.0. The molecule has 1 N–H and O–H groups in total. The van der Waals surface area contributed by atoms with Crippen LogP contribution in [0.2, 0.25) is 0 Å². The molecule has 3 aromatic rings. The van der Waals surface area contributed by atoms with Gasteiger partial charge in [0.1, 0.15) is 22.8 Å². The fourth-order valence-corrected chi connectivity index (χ4v) is 4.42. The van der Waals surface area contributed by atoms with Gasteiger partial charge in [-0.2, -0.15) is 0 Å². The number of amides is 1. The summed E-state index contributed by atoms with van der Waals surface area (Å²) in [5.41, 5.74) is 1.81. The third-order valence-electron chi connectivity index (χ3n) is 5.53. The highest BCUT2D eigenvalue weighted by Gasteiger charge is 2.48. The van der Waals surface area contributed by atoms with Gasteiger partial charge in [0.15, 0.2) is 0 Å². The number of hydrogen-bond acceptors (Lipinski definition) is 7. The van der Waals surface area contributed by atoms with Gasteiger partial charge in [0.2, 0.25) is 11.1 Å². The molecule has 0 fully saturated rings. The van der Waals surface area contributed by atoms with Crippen molar-refractivity contribution >= 4 is 23.4 Å². The minimum Gasteiger partial charge on any atom is -0.496 e. The molecule has 1 amide bonds. The van der Waals surface area contributed by atoms with Gasteiger partial charge in [0.25, 0.3) is 0 Å². The standard InChI is InChI=1S/C23H24N4O5S/c1-6-18(28)26-15-10-8-7-9-14(15)20-21(29)24-23(33-5)25-27(20)22(26)19-16(31-3)11-13(30-2)12-17(19)32-4/h7-12,22H,6H2,1-5H3/p+1/t22-/m0/s1. The molecule has 1 atom stereocenters. The Morgan fingerprint density at radius 2 is 1.82 bits per heavy atom. The number of hydrogen-bond donors (Lipinski definition) is 1. The van der Waals surface area contributed by atoms with Gasteiger partial charge in [0.05, 0.1) is 32.6 Å². The summed E-state index contributed by atoms with van der Waals surface area (Å²) in [6, 6.07) is 10.7. The number of nitrogens with one attached hydrogen (secondary N) is 1. The van der Waals surface area contributed by atoms with E-state index in [4.69, 9.17) is 19.3 Å². The number of anilines is 1. The highest BCUT2D eigenvalue weighted by molar-refractivity contribution is 7.98. The first-order valence-corrected chi connectivity index (χ1v) is 11.5. The van der Waals surface area contributed by atoms with Crippen LogP contribution in [-0.2, 0) is 4.79 Å². The SMILES string of the molecule is CCC(=O)N1c2ccccc2-c2c(=O)[nH]c(SC)n[n+]2[C@H]1c1c(OC)cc(OC)cc1OC. The van der Waals surface area contributed by atoms with E-state index in [-0.39, 0.29) is 17.9 Å². The van der Waals surface area contributed by atoms with Gasteiger partial charge in [-0.05, 0) is 23.1 Å². The zero-order valence-electron chi connectivity index (χ0n) is 19.0. The van der Waals surface area contributed by atoms with Crippen LogP contribution in [-0.4, -0.2) is 43.6 Å². The van der Waals surface area contributed by atoms with E-state index < -0.39 is 6.17 Å². The second-order valence-electron chi connectivity index (χ2n) is 7.21. The monoisotopic (exact) mass is 469 g/mol. The molecule has 9 nitrogen and oxygen atoms in total. The Kier molecular flexibility index (Phi) is 6.28. The molecule has 1 aromatic heterocycles. The van der Waals surface area contributed by atoms with E-state index in [0.717, 1.165) is 0 Å². The summed E-state index contributed by atoms with van der Waals surface area (Å²) in [5, 5.41) is 5.12. The Morgan fingerprint density at radius 1 is 1.15 bits per heavy atom. The maximum absolute atomic E-state index is 13.4. The number of benzene rings is 2. The summed E-state index contributed by atoms with van der Waals surface area (Å²) in [7, 11) is 4.61. The molecule has 2 aromatic carbocycles. The minimum atomic E-state index is -0.827. The van der Waals surface area contributed by atoms with Crippen LogP contribution < -0.4 is 29.4 Å². The number of H-pyrrole nitrogens is 1. The zero-order valence-corrected chi connectivity index (χ0v) is 19.9. The Balaban J connectivity index is 2.15. The number of fused-ring (bicyclic) bond motifs is 3. The van der Waals surface area contributed by atoms with Crippen molar-refractivity contribution < 1.29 is 23.7 Å². The van der Waals surface area contributed by atoms with Crippen LogP contribution >= 0.6 is 11.8 Å². The molecule has 0 bridgehead atoms. The Bertz CT molecular complexity index is 1250. The molecule has 4 rings (SSSR count). The van der Waals surface area contributed by atoms with Crippen LogP contribution in [0.15, 0.2) is 46.3 Å². The molecule has 1 aliphatic rings. The van der Waals surface area contributed by atoms with Crippen molar-refractivity contribution in [1.82, 2.24) is 10.1 Å². The van der Waals surface area contributed by atoms with E-state index in [0.29, 0.717) is 44.9 Å². The third-order valence-corrected chi connectivity index (χ3v) is 6.10. The summed E-state index contributed by atoms with van der Waals surface area (Å²) in [6.07, 6.45) is 1.24. The van der Waals surface area contributed by atoms with E-state index in [1.165, 1.54) is 26.0 Å². The van der Waals surface area contributed by atoms with Crippen molar-refractivity contribution in [3.63, 3.8) is 0 Å². The molecular weight excluding hydrogens is 444 g/mol. The number of nitrogens with zero attached hydrogens (tertiary/aromatic N) is 3. The van der Waals surface area contributed by atoms with Crippen molar-refractivity contribution in [2.75, 3.05) is 32.5 Å². The van der Waals surface area contributed by atoms with Gasteiger partial charge >= 0.3 is 17.4 Å². The van der Waals surface area contributed by atoms with E-state index >= 15 is 0 Å². The summed E-state index contributed by atoms with van der Waals surface area (Å²) in [6.45, 7) is 1.79. The largest absolute Gasteiger partial charge is 0.496 e. The van der Waals surface area contributed by atoms with Crippen LogP contribution in [0.4, 0.5) is 5.69 Å². The van der Waals surface area contributed by atoms with Crippen LogP contribution in [0, 0.1) is 0 Å². The summed E-state index contributed by atoms with van der Waals surface area (Å²) in [4.78, 5) is 31.1. The average molecular weight is 470 g/mol. The lowest BCUT2D eigenvalue weighted by molar-refractivity contribution is -0.763. The molecule has 0 saturated heterocycles. The molecule has 0 saturated carbocycles. The summed E-state index contributed by atoms with van der Waals surface area (Å²) >= 11 is 1.30. The molecule has 0 spiro atoms. The molecule has 0 aliphatic carbocycles. The van der Waals surface area contributed by atoms with Crippen molar-refractivity contribution in [2.24, 2.45) is 0 Å². The first kappa shape index (κ1) is 22.7. The highest BCUT2D eigenvalue weighted by atomic mass is 32.2. The zero-order chi connectivity index (χ0) is 23.7. The average Bonchev–Trinajstić information content (AvgIpc) is 2.86. The lowest BCUT2D eigenvalue weighted by Crippen LogP contribution is -2.61. The number of para-hydroxylation sites is 1. The van der Waals surface area contributed by atoms with E-state index in [1.54, 1.807) is 35.7 Å². The quantitative estimate of drug-likeness (QED) is 0.438. The predicted molar refractivity (Wildman–Crippen MR) is 124 cm³/mol. The van der Waals surface area contributed by atoms with Gasteiger partial charge in [-0.3, -0.25) is 14.6 Å². The molecule has 33 heavy (non-hydrogen) atoms. The maximum atomic E-state index is 13.4. The molecule has 0 radical (unpaired) electrons. The molecular formula is C23H25N4O5S+. The molecule has 1 aliphatic heterocycles. The Hall–Kier alpha value is -3.53. The van der Waals surface area contributed by atoms with E-state index in [9.17, 15) is 9.59 Å². The van der Waals surface area contributed by atoms with Gasteiger partial charge in [-0.25, -0.2) is 4.90 Å². The van der Waals surface area contributed by atoms with E-state index in [1.807, 2.05) is 30.5 Å². The fraction of sp³-hybridized carbons (Fsp3) is 0.304. The minimum absolute atomic E-state index is 0.140. The van der Waals surface area contributed by atoms with Crippen LogP contribution in [0.1, 0.15) is 25.1 Å². The second kappa shape index (κ2) is 9.14. The van der Waals surface area contributed by atoms with Gasteiger partial charge in [-0.1, -0.05) is 30.8 Å². The van der Waals surface area contributed by atoms with Gasteiger partial charge in [0, 0.05) is 23.7 Å². The lowest BCUT2D eigenvalue weighted by Gasteiger charge is -2.33. The number of carbonyl (C=O) groups excluding carboxylic acids is 1.